The van der Waals surface area contributed by atoms with Crippen LogP contribution in [-0.2, 0) is 9.53 Å². The van der Waals surface area contributed by atoms with E-state index in [-0.39, 0.29) is 11.9 Å². The highest BCUT2D eigenvalue weighted by atomic mass is 16.5. The zero-order valence-electron chi connectivity index (χ0n) is 13.9. The Morgan fingerprint density at radius 1 is 1.36 bits per heavy atom. The minimum atomic E-state index is -0.222. The molecule has 0 saturated heterocycles. The van der Waals surface area contributed by atoms with E-state index in [1.807, 2.05) is 12.1 Å². The lowest BCUT2D eigenvalue weighted by atomic mass is 9.69. The van der Waals surface area contributed by atoms with Crippen LogP contribution in [-0.4, -0.2) is 24.7 Å². The van der Waals surface area contributed by atoms with Gasteiger partial charge in [0.25, 0.3) is 0 Å². The number of rotatable bonds is 6. The van der Waals surface area contributed by atoms with E-state index in [9.17, 15) is 4.79 Å². The third kappa shape index (κ3) is 4.72. The third-order valence-electron chi connectivity index (χ3n) is 4.73. The van der Waals surface area contributed by atoms with E-state index in [0.717, 1.165) is 12.0 Å². The molecule has 1 aliphatic rings. The second kappa shape index (κ2) is 7.61. The van der Waals surface area contributed by atoms with Gasteiger partial charge in [0.2, 0.25) is 5.88 Å². The fourth-order valence-electron chi connectivity index (χ4n) is 3.49. The van der Waals surface area contributed by atoms with Gasteiger partial charge in [0.15, 0.2) is 0 Å². The van der Waals surface area contributed by atoms with E-state index in [1.54, 1.807) is 13.3 Å². The summed E-state index contributed by atoms with van der Waals surface area (Å²) < 4.78 is 10.5. The largest absolute Gasteiger partial charge is 0.481 e. The number of nitrogens with zero attached hydrogens (tertiary/aromatic N) is 1. The molecule has 0 N–H and O–H groups in total. The summed E-state index contributed by atoms with van der Waals surface area (Å²) in [6.45, 7) is 4.26. The minimum absolute atomic E-state index is 0.198. The predicted molar refractivity (Wildman–Crippen MR) is 86.0 cm³/mol. The molecule has 0 aliphatic heterocycles. The van der Waals surface area contributed by atoms with Gasteiger partial charge in [-0.3, -0.25) is 4.79 Å². The maximum Gasteiger partial charge on any atom is 0.302 e. The van der Waals surface area contributed by atoms with Crippen molar-refractivity contribution < 1.29 is 14.3 Å². The van der Waals surface area contributed by atoms with Gasteiger partial charge in [-0.25, -0.2) is 4.98 Å². The first kappa shape index (κ1) is 16.8. The van der Waals surface area contributed by atoms with Gasteiger partial charge in [-0.05, 0) is 36.3 Å². The molecule has 22 heavy (non-hydrogen) atoms. The number of pyridine rings is 1. The molecule has 1 aliphatic carbocycles. The molecule has 0 bridgehead atoms. The highest BCUT2D eigenvalue weighted by Gasteiger charge is 2.31. The molecule has 1 atom stereocenters. The highest BCUT2D eigenvalue weighted by molar-refractivity contribution is 5.65. The van der Waals surface area contributed by atoms with E-state index >= 15 is 0 Å². The summed E-state index contributed by atoms with van der Waals surface area (Å²) in [4.78, 5) is 15.4. The van der Waals surface area contributed by atoms with Crippen LogP contribution in [0.25, 0.3) is 0 Å². The van der Waals surface area contributed by atoms with Crippen molar-refractivity contribution in [3.63, 3.8) is 0 Å². The lowest BCUT2D eigenvalue weighted by molar-refractivity contribution is -0.141. The summed E-state index contributed by atoms with van der Waals surface area (Å²) in [5, 5.41) is 0. The monoisotopic (exact) mass is 305 g/mol. The molecule has 1 aromatic heterocycles. The van der Waals surface area contributed by atoms with E-state index in [4.69, 9.17) is 9.47 Å². The van der Waals surface area contributed by atoms with Crippen molar-refractivity contribution in [1.82, 2.24) is 4.98 Å². The van der Waals surface area contributed by atoms with Crippen LogP contribution in [0, 0.1) is 5.41 Å². The molecule has 0 unspecified atom stereocenters. The summed E-state index contributed by atoms with van der Waals surface area (Å²) in [6.07, 6.45) is 9.25. The first-order chi connectivity index (χ1) is 10.5. The fraction of sp³-hybridized carbons (Fsp3) is 0.667. The number of methoxy groups -OCH3 is 1. The number of carbonyl (C=O) groups excluding carboxylic acids is 1. The second-order valence-corrected chi connectivity index (χ2v) is 6.71. The Balaban J connectivity index is 2.15. The van der Waals surface area contributed by atoms with Gasteiger partial charge in [0.1, 0.15) is 0 Å². The first-order valence-electron chi connectivity index (χ1n) is 8.16. The van der Waals surface area contributed by atoms with Gasteiger partial charge in [0, 0.05) is 25.1 Å². The van der Waals surface area contributed by atoms with Crippen molar-refractivity contribution in [2.75, 3.05) is 13.7 Å². The molecule has 0 radical (unpaired) electrons. The number of ether oxygens (including phenoxy) is 2. The standard InChI is InChI=1S/C18H27NO3/c1-14(20)22-13-16(12-18(2)8-5-4-6-9-18)15-7-10-19-17(11-15)21-3/h7,10-11,16H,4-6,8-9,12-13H2,1-3H3/t16-/m1/s1. The molecule has 1 aromatic rings. The maximum atomic E-state index is 11.2. The zero-order valence-corrected chi connectivity index (χ0v) is 13.9. The average Bonchev–Trinajstić information content (AvgIpc) is 2.52. The number of esters is 1. The quantitative estimate of drug-likeness (QED) is 0.742. The summed E-state index contributed by atoms with van der Waals surface area (Å²) >= 11 is 0. The van der Waals surface area contributed by atoms with E-state index in [1.165, 1.54) is 39.0 Å². The average molecular weight is 305 g/mol. The molecule has 2 rings (SSSR count). The highest BCUT2D eigenvalue weighted by Crippen LogP contribution is 2.43. The van der Waals surface area contributed by atoms with Gasteiger partial charge in [-0.15, -0.1) is 0 Å². The van der Waals surface area contributed by atoms with Crippen LogP contribution in [0.15, 0.2) is 18.3 Å². The third-order valence-corrected chi connectivity index (χ3v) is 4.73. The molecule has 1 fully saturated rings. The lowest BCUT2D eigenvalue weighted by Gasteiger charge is -2.36. The Morgan fingerprint density at radius 3 is 2.73 bits per heavy atom. The molecule has 0 spiro atoms. The molecule has 1 heterocycles. The van der Waals surface area contributed by atoms with Crippen molar-refractivity contribution in [2.24, 2.45) is 5.41 Å². The first-order valence-corrected chi connectivity index (χ1v) is 8.16. The second-order valence-electron chi connectivity index (χ2n) is 6.71. The summed E-state index contributed by atoms with van der Waals surface area (Å²) in [5.74, 6) is 0.586. The van der Waals surface area contributed by atoms with Gasteiger partial charge in [-0.2, -0.15) is 0 Å². The number of carbonyl (C=O) groups is 1. The van der Waals surface area contributed by atoms with Gasteiger partial charge < -0.3 is 9.47 Å². The normalized spacial score (nSPS) is 18.5. The van der Waals surface area contributed by atoms with Crippen LogP contribution in [0.2, 0.25) is 0 Å². The van der Waals surface area contributed by atoms with Crippen molar-refractivity contribution in [3.05, 3.63) is 23.9 Å². The van der Waals surface area contributed by atoms with Crippen LogP contribution in [0.3, 0.4) is 0 Å². The summed E-state index contributed by atoms with van der Waals surface area (Å²) in [5.41, 5.74) is 1.47. The van der Waals surface area contributed by atoms with Crippen LogP contribution < -0.4 is 4.74 Å². The summed E-state index contributed by atoms with van der Waals surface area (Å²) in [7, 11) is 1.62. The SMILES string of the molecule is COc1cc([C@@H](COC(C)=O)CC2(C)CCCCC2)ccn1. The molecule has 0 amide bonds. The molecule has 1 saturated carbocycles. The van der Waals surface area contributed by atoms with E-state index in [0.29, 0.717) is 17.9 Å². The van der Waals surface area contributed by atoms with Crippen LogP contribution in [0.1, 0.15) is 63.9 Å². The van der Waals surface area contributed by atoms with Gasteiger partial charge in [0.05, 0.1) is 13.7 Å². The molecule has 4 heteroatoms. The van der Waals surface area contributed by atoms with Crippen LogP contribution >= 0.6 is 0 Å². The van der Waals surface area contributed by atoms with Gasteiger partial charge in [-0.1, -0.05) is 26.2 Å². The minimum Gasteiger partial charge on any atom is -0.481 e. The Bertz CT molecular complexity index is 495. The fourth-order valence-corrected chi connectivity index (χ4v) is 3.49. The topological polar surface area (TPSA) is 48.4 Å². The molecule has 122 valence electrons. The Labute approximate surface area is 133 Å². The number of hydrogen-bond acceptors (Lipinski definition) is 4. The molecule has 4 nitrogen and oxygen atoms in total. The van der Waals surface area contributed by atoms with E-state index in [2.05, 4.69) is 11.9 Å². The molecule has 0 aromatic carbocycles. The Kier molecular flexibility index (Phi) is 5.81. The Morgan fingerprint density at radius 2 is 2.09 bits per heavy atom. The van der Waals surface area contributed by atoms with Gasteiger partial charge >= 0.3 is 5.97 Å². The van der Waals surface area contributed by atoms with E-state index < -0.39 is 0 Å². The van der Waals surface area contributed by atoms with Crippen molar-refractivity contribution >= 4 is 5.97 Å². The van der Waals surface area contributed by atoms with Crippen molar-refractivity contribution in [2.45, 2.75) is 58.3 Å². The predicted octanol–water partition coefficient (Wildman–Crippen LogP) is 4.10. The van der Waals surface area contributed by atoms with Crippen LogP contribution in [0.5, 0.6) is 5.88 Å². The maximum absolute atomic E-state index is 11.2. The Hall–Kier alpha value is -1.58. The smallest absolute Gasteiger partial charge is 0.302 e. The van der Waals surface area contributed by atoms with Crippen LogP contribution in [0.4, 0.5) is 0 Å². The lowest BCUT2D eigenvalue weighted by Crippen LogP contribution is -2.25. The zero-order chi connectivity index (χ0) is 16.0. The van der Waals surface area contributed by atoms with Crippen molar-refractivity contribution in [3.8, 4) is 5.88 Å². The van der Waals surface area contributed by atoms with Crippen molar-refractivity contribution in [1.29, 1.82) is 0 Å². The number of hydrogen-bond donors (Lipinski definition) is 0. The summed E-state index contributed by atoms with van der Waals surface area (Å²) in [6, 6.07) is 3.96. The number of aromatic nitrogens is 1. The molecular weight excluding hydrogens is 278 g/mol. The molecular formula is C18H27NO3.